The predicted octanol–water partition coefficient (Wildman–Crippen LogP) is 4.23. The van der Waals surface area contributed by atoms with E-state index in [4.69, 9.17) is 25.9 Å². The maximum atomic E-state index is 12.0. The molecule has 0 saturated carbocycles. The van der Waals surface area contributed by atoms with Crippen LogP contribution in [0.1, 0.15) is 24.0 Å². The summed E-state index contributed by atoms with van der Waals surface area (Å²) in [6, 6.07) is 12.6. The highest BCUT2D eigenvalue weighted by Gasteiger charge is 2.17. The molecule has 0 N–H and O–H groups in total. The number of benzene rings is 2. The van der Waals surface area contributed by atoms with Crippen LogP contribution in [0.3, 0.4) is 0 Å². The fourth-order valence-corrected chi connectivity index (χ4v) is 2.39. The zero-order chi connectivity index (χ0) is 18.2. The molecule has 0 spiro atoms. The van der Waals surface area contributed by atoms with Gasteiger partial charge in [0.2, 0.25) is 0 Å². The molecule has 5 nitrogen and oxygen atoms in total. The first-order valence-electron chi connectivity index (χ1n) is 7.67. The summed E-state index contributed by atoms with van der Waals surface area (Å²) in [4.78, 5) is 17.2. The van der Waals surface area contributed by atoms with Crippen LogP contribution in [0.4, 0.5) is 0 Å². The quantitative estimate of drug-likeness (QED) is 0.521. The lowest BCUT2D eigenvalue weighted by molar-refractivity contribution is -0.117. The molecule has 2 aromatic carbocycles. The number of ether oxygens (including phenoxy) is 2. The number of nitrogens with zero attached hydrogens (tertiary/aromatic N) is 1. The number of carbonyl (C=O) groups excluding carboxylic acids is 1. The highest BCUT2D eigenvalue weighted by Crippen LogP contribution is 2.30. The van der Waals surface area contributed by atoms with Crippen molar-refractivity contribution in [2.45, 2.75) is 19.4 Å². The van der Waals surface area contributed by atoms with E-state index in [2.05, 4.69) is 5.16 Å². The summed E-state index contributed by atoms with van der Waals surface area (Å²) < 4.78 is 10.5. The standard InChI is InChI=1S/C19H20ClNO4/c1-13(22)17(15-6-9-18(23-2)19(10-15)24-3)11-21-25-12-14-4-7-16(20)8-5-14/h4-11,17H,12H2,1-3H3/b21-11-/t17-/m1/s1. The SMILES string of the molecule is COc1ccc([C@H](/C=N\OCc2ccc(Cl)cc2)C(C)=O)cc1OC. The first-order valence-corrected chi connectivity index (χ1v) is 8.05. The third kappa shape index (κ3) is 5.22. The van der Waals surface area contributed by atoms with Crippen LogP contribution in [-0.2, 0) is 16.2 Å². The van der Waals surface area contributed by atoms with Crippen LogP contribution < -0.4 is 9.47 Å². The van der Waals surface area contributed by atoms with Crippen LogP contribution in [0.5, 0.6) is 11.5 Å². The van der Waals surface area contributed by atoms with Crippen molar-refractivity contribution in [3.05, 3.63) is 58.6 Å². The van der Waals surface area contributed by atoms with E-state index < -0.39 is 5.92 Å². The van der Waals surface area contributed by atoms with Gasteiger partial charge in [0.25, 0.3) is 0 Å². The molecule has 0 aliphatic heterocycles. The molecule has 0 bridgehead atoms. The summed E-state index contributed by atoms with van der Waals surface area (Å²) >= 11 is 5.84. The Hall–Kier alpha value is -2.53. The number of halogens is 1. The summed E-state index contributed by atoms with van der Waals surface area (Å²) in [5, 5.41) is 4.60. The molecule has 0 aromatic heterocycles. The van der Waals surface area contributed by atoms with Crippen LogP contribution in [0.15, 0.2) is 47.6 Å². The second-order valence-electron chi connectivity index (χ2n) is 5.36. The zero-order valence-corrected chi connectivity index (χ0v) is 15.1. The Morgan fingerprint density at radius 2 is 1.80 bits per heavy atom. The van der Waals surface area contributed by atoms with Crippen molar-refractivity contribution in [2.24, 2.45) is 5.16 Å². The fraction of sp³-hybridized carbons (Fsp3) is 0.263. The van der Waals surface area contributed by atoms with E-state index in [1.54, 1.807) is 44.6 Å². The average Bonchev–Trinajstić information content (AvgIpc) is 2.62. The van der Waals surface area contributed by atoms with E-state index >= 15 is 0 Å². The van der Waals surface area contributed by atoms with Gasteiger partial charge in [-0.2, -0.15) is 0 Å². The Balaban J connectivity index is 2.07. The van der Waals surface area contributed by atoms with Gasteiger partial charge in [0.1, 0.15) is 12.4 Å². The van der Waals surface area contributed by atoms with E-state index in [1.165, 1.54) is 13.1 Å². The Morgan fingerprint density at radius 3 is 2.40 bits per heavy atom. The maximum Gasteiger partial charge on any atom is 0.161 e. The number of oxime groups is 1. The second kappa shape index (κ2) is 9.08. The Morgan fingerprint density at radius 1 is 1.12 bits per heavy atom. The lowest BCUT2D eigenvalue weighted by atomic mass is 9.96. The third-order valence-corrected chi connectivity index (χ3v) is 3.89. The fourth-order valence-electron chi connectivity index (χ4n) is 2.27. The topological polar surface area (TPSA) is 57.1 Å². The highest BCUT2D eigenvalue weighted by atomic mass is 35.5. The first-order chi connectivity index (χ1) is 12.0. The number of rotatable bonds is 8. The van der Waals surface area contributed by atoms with Gasteiger partial charge in [-0.3, -0.25) is 4.79 Å². The molecule has 0 aliphatic rings. The van der Waals surface area contributed by atoms with Crippen molar-refractivity contribution in [1.29, 1.82) is 0 Å². The molecule has 0 amide bonds. The van der Waals surface area contributed by atoms with Gasteiger partial charge in [0.15, 0.2) is 11.5 Å². The minimum absolute atomic E-state index is 0.0499. The summed E-state index contributed by atoms with van der Waals surface area (Å²) in [5.41, 5.74) is 1.69. The molecule has 2 rings (SSSR count). The van der Waals surface area contributed by atoms with E-state index in [0.29, 0.717) is 23.1 Å². The van der Waals surface area contributed by atoms with Gasteiger partial charge >= 0.3 is 0 Å². The lowest BCUT2D eigenvalue weighted by Crippen LogP contribution is -2.11. The summed E-state index contributed by atoms with van der Waals surface area (Å²) in [6.45, 7) is 1.80. The Kier molecular flexibility index (Phi) is 6.83. The van der Waals surface area contributed by atoms with E-state index in [1.807, 2.05) is 12.1 Å². The van der Waals surface area contributed by atoms with Crippen LogP contribution in [-0.4, -0.2) is 26.2 Å². The van der Waals surface area contributed by atoms with Crippen molar-refractivity contribution in [2.75, 3.05) is 14.2 Å². The Labute approximate surface area is 152 Å². The molecule has 0 saturated heterocycles. The molecule has 0 aliphatic carbocycles. The molecule has 132 valence electrons. The predicted molar refractivity (Wildman–Crippen MR) is 97.7 cm³/mol. The van der Waals surface area contributed by atoms with Crippen molar-refractivity contribution in [1.82, 2.24) is 0 Å². The van der Waals surface area contributed by atoms with Crippen molar-refractivity contribution < 1.29 is 19.1 Å². The van der Waals surface area contributed by atoms with Gasteiger partial charge in [0.05, 0.1) is 26.4 Å². The van der Waals surface area contributed by atoms with Gasteiger partial charge in [0, 0.05) is 5.02 Å². The smallest absolute Gasteiger partial charge is 0.161 e. The van der Waals surface area contributed by atoms with Crippen molar-refractivity contribution >= 4 is 23.6 Å². The number of hydrogen-bond donors (Lipinski definition) is 0. The zero-order valence-electron chi connectivity index (χ0n) is 14.4. The minimum Gasteiger partial charge on any atom is -0.493 e. The summed E-state index contributed by atoms with van der Waals surface area (Å²) in [7, 11) is 3.11. The lowest BCUT2D eigenvalue weighted by Gasteiger charge is -2.13. The minimum atomic E-state index is -0.523. The molecule has 2 aromatic rings. The number of ketones is 1. The van der Waals surface area contributed by atoms with Crippen LogP contribution in [0.25, 0.3) is 0 Å². The van der Waals surface area contributed by atoms with Gasteiger partial charge in [-0.15, -0.1) is 0 Å². The number of Topliss-reactive ketones (excluding diaryl/α,β-unsaturated/α-hetero) is 1. The molecule has 6 heteroatoms. The first kappa shape index (κ1) is 18.8. The molecule has 0 heterocycles. The van der Waals surface area contributed by atoms with Gasteiger partial charge < -0.3 is 14.3 Å². The Bertz CT molecular complexity index is 744. The van der Waals surface area contributed by atoms with Crippen molar-refractivity contribution in [3.8, 4) is 11.5 Å². The molecule has 0 radical (unpaired) electrons. The maximum absolute atomic E-state index is 12.0. The third-order valence-electron chi connectivity index (χ3n) is 3.63. The van der Waals surface area contributed by atoms with Crippen LogP contribution in [0.2, 0.25) is 5.02 Å². The van der Waals surface area contributed by atoms with Crippen LogP contribution >= 0.6 is 11.6 Å². The molecule has 25 heavy (non-hydrogen) atoms. The number of methoxy groups -OCH3 is 2. The molecule has 0 unspecified atom stereocenters. The molecule has 0 fully saturated rings. The van der Waals surface area contributed by atoms with Crippen molar-refractivity contribution in [3.63, 3.8) is 0 Å². The van der Waals surface area contributed by atoms with Gasteiger partial charge in [-0.05, 0) is 42.3 Å². The number of carbonyl (C=O) groups is 1. The van der Waals surface area contributed by atoms with E-state index in [9.17, 15) is 4.79 Å². The molecular weight excluding hydrogens is 342 g/mol. The normalized spacial score (nSPS) is 12.0. The van der Waals surface area contributed by atoms with E-state index in [-0.39, 0.29) is 5.78 Å². The average molecular weight is 362 g/mol. The second-order valence-corrected chi connectivity index (χ2v) is 5.79. The summed E-state index contributed by atoms with van der Waals surface area (Å²) in [6.07, 6.45) is 1.49. The highest BCUT2D eigenvalue weighted by molar-refractivity contribution is 6.30. The largest absolute Gasteiger partial charge is 0.493 e. The van der Waals surface area contributed by atoms with E-state index in [0.717, 1.165) is 11.1 Å². The van der Waals surface area contributed by atoms with Gasteiger partial charge in [-0.25, -0.2) is 0 Å². The molecular formula is C19H20ClNO4. The summed E-state index contributed by atoms with van der Waals surface area (Å²) in [5.74, 6) is 0.585. The number of hydrogen-bond acceptors (Lipinski definition) is 5. The van der Waals surface area contributed by atoms with Crippen LogP contribution in [0, 0.1) is 0 Å². The van der Waals surface area contributed by atoms with Gasteiger partial charge in [-0.1, -0.05) is 35.0 Å². The monoisotopic (exact) mass is 361 g/mol. The molecule has 1 atom stereocenters.